The quantitative estimate of drug-likeness (QED) is 0.861. The lowest BCUT2D eigenvalue weighted by atomic mass is 9.95. The first-order valence-electron chi connectivity index (χ1n) is 4.66. The predicted molar refractivity (Wildman–Crippen MR) is 61.4 cm³/mol. The lowest BCUT2D eigenvalue weighted by Gasteiger charge is -2.23. The van der Waals surface area contributed by atoms with Crippen molar-refractivity contribution < 1.29 is 0 Å². The Balaban J connectivity index is 2.04. The largest absolute Gasteiger partial charge is 0.311 e. The van der Waals surface area contributed by atoms with Crippen molar-refractivity contribution in [1.29, 1.82) is 0 Å². The Morgan fingerprint density at radius 2 is 2.54 bits per heavy atom. The SMILES string of the molecule is CC1(Cc2cc(Br)cs2)CCCN1. The maximum atomic E-state index is 3.58. The molecule has 0 radical (unpaired) electrons. The molecule has 0 saturated carbocycles. The van der Waals surface area contributed by atoms with E-state index in [-0.39, 0.29) is 0 Å². The van der Waals surface area contributed by atoms with Crippen LogP contribution in [0.2, 0.25) is 0 Å². The maximum Gasteiger partial charge on any atom is 0.0285 e. The zero-order valence-corrected chi connectivity index (χ0v) is 10.2. The van der Waals surface area contributed by atoms with Gasteiger partial charge in [-0.1, -0.05) is 0 Å². The molecule has 1 aliphatic heterocycles. The summed E-state index contributed by atoms with van der Waals surface area (Å²) in [7, 11) is 0. The molecule has 0 amide bonds. The molecule has 1 atom stereocenters. The first kappa shape index (κ1) is 9.69. The molecule has 2 heterocycles. The second-order valence-electron chi connectivity index (χ2n) is 4.00. The van der Waals surface area contributed by atoms with Gasteiger partial charge >= 0.3 is 0 Å². The van der Waals surface area contributed by atoms with E-state index in [1.54, 1.807) is 0 Å². The van der Waals surface area contributed by atoms with Crippen LogP contribution in [0.4, 0.5) is 0 Å². The van der Waals surface area contributed by atoms with Crippen molar-refractivity contribution in [3.05, 3.63) is 20.8 Å². The molecule has 1 N–H and O–H groups in total. The molecule has 1 nitrogen and oxygen atoms in total. The fraction of sp³-hybridized carbons (Fsp3) is 0.600. The van der Waals surface area contributed by atoms with Gasteiger partial charge in [0.1, 0.15) is 0 Å². The van der Waals surface area contributed by atoms with Gasteiger partial charge in [-0.2, -0.15) is 0 Å². The van der Waals surface area contributed by atoms with E-state index in [1.807, 2.05) is 11.3 Å². The van der Waals surface area contributed by atoms with E-state index in [9.17, 15) is 0 Å². The molecule has 1 aromatic rings. The summed E-state index contributed by atoms with van der Waals surface area (Å²) in [6.07, 6.45) is 3.80. The highest BCUT2D eigenvalue weighted by molar-refractivity contribution is 9.10. The van der Waals surface area contributed by atoms with Crippen molar-refractivity contribution in [3.63, 3.8) is 0 Å². The van der Waals surface area contributed by atoms with Gasteiger partial charge in [0.15, 0.2) is 0 Å². The molecule has 1 unspecified atom stereocenters. The Bertz CT molecular complexity index is 289. The summed E-state index contributed by atoms with van der Waals surface area (Å²) in [5, 5.41) is 5.74. The summed E-state index contributed by atoms with van der Waals surface area (Å²) in [5.74, 6) is 0. The minimum Gasteiger partial charge on any atom is -0.311 e. The number of rotatable bonds is 2. The van der Waals surface area contributed by atoms with Crippen LogP contribution in [0.5, 0.6) is 0 Å². The molecule has 0 bridgehead atoms. The van der Waals surface area contributed by atoms with Crippen LogP contribution in [-0.2, 0) is 6.42 Å². The van der Waals surface area contributed by atoms with E-state index in [2.05, 4.69) is 39.6 Å². The van der Waals surface area contributed by atoms with Crippen molar-refractivity contribution in [3.8, 4) is 0 Å². The van der Waals surface area contributed by atoms with Gasteiger partial charge < -0.3 is 5.32 Å². The van der Waals surface area contributed by atoms with Crippen LogP contribution >= 0.6 is 27.3 Å². The minimum absolute atomic E-state index is 0.351. The number of hydrogen-bond donors (Lipinski definition) is 1. The molecule has 1 aromatic heterocycles. The first-order valence-corrected chi connectivity index (χ1v) is 6.33. The average molecular weight is 260 g/mol. The highest BCUT2D eigenvalue weighted by Crippen LogP contribution is 2.28. The van der Waals surface area contributed by atoms with Crippen molar-refractivity contribution >= 4 is 27.3 Å². The zero-order valence-electron chi connectivity index (χ0n) is 7.77. The average Bonchev–Trinajstić information content (AvgIpc) is 2.62. The number of halogens is 1. The molecule has 1 saturated heterocycles. The van der Waals surface area contributed by atoms with Gasteiger partial charge in [-0.15, -0.1) is 11.3 Å². The summed E-state index contributed by atoms with van der Waals surface area (Å²) in [6.45, 7) is 3.51. The third kappa shape index (κ3) is 2.33. The van der Waals surface area contributed by atoms with Crippen LogP contribution in [0.1, 0.15) is 24.6 Å². The molecule has 0 spiro atoms. The Hall–Kier alpha value is 0.140. The van der Waals surface area contributed by atoms with Crippen LogP contribution in [0.15, 0.2) is 15.9 Å². The molecule has 3 heteroatoms. The van der Waals surface area contributed by atoms with Gasteiger partial charge in [0, 0.05) is 20.3 Å². The second-order valence-corrected chi connectivity index (χ2v) is 5.91. The molecule has 1 fully saturated rings. The van der Waals surface area contributed by atoms with Crippen LogP contribution in [0.3, 0.4) is 0 Å². The van der Waals surface area contributed by atoms with Crippen LogP contribution in [0, 0.1) is 0 Å². The molecular formula is C10H14BrNS. The second kappa shape index (κ2) is 3.71. The van der Waals surface area contributed by atoms with E-state index < -0.39 is 0 Å². The maximum absolute atomic E-state index is 3.58. The fourth-order valence-electron chi connectivity index (χ4n) is 1.94. The Morgan fingerprint density at radius 3 is 3.08 bits per heavy atom. The third-order valence-electron chi connectivity index (χ3n) is 2.64. The van der Waals surface area contributed by atoms with E-state index in [0.717, 1.165) is 0 Å². The lowest BCUT2D eigenvalue weighted by molar-refractivity contribution is 0.415. The van der Waals surface area contributed by atoms with E-state index in [4.69, 9.17) is 0 Å². The molecule has 0 aliphatic carbocycles. The van der Waals surface area contributed by atoms with E-state index in [1.165, 1.54) is 35.2 Å². The van der Waals surface area contributed by atoms with Gasteiger partial charge in [0.05, 0.1) is 0 Å². The van der Waals surface area contributed by atoms with Crippen LogP contribution in [-0.4, -0.2) is 12.1 Å². The van der Waals surface area contributed by atoms with E-state index >= 15 is 0 Å². The molecule has 0 aromatic carbocycles. The highest BCUT2D eigenvalue weighted by atomic mass is 79.9. The highest BCUT2D eigenvalue weighted by Gasteiger charge is 2.28. The molecule has 72 valence electrons. The molecular weight excluding hydrogens is 246 g/mol. The number of hydrogen-bond acceptors (Lipinski definition) is 2. The number of thiophene rings is 1. The van der Waals surface area contributed by atoms with Gasteiger partial charge in [-0.25, -0.2) is 0 Å². The Labute approximate surface area is 91.7 Å². The fourth-order valence-corrected chi connectivity index (χ4v) is 3.58. The zero-order chi connectivity index (χ0) is 9.31. The van der Waals surface area contributed by atoms with Gasteiger partial charge in [0.2, 0.25) is 0 Å². The smallest absolute Gasteiger partial charge is 0.0285 e. The topological polar surface area (TPSA) is 12.0 Å². The molecule has 2 rings (SSSR count). The van der Waals surface area contributed by atoms with Gasteiger partial charge in [-0.3, -0.25) is 0 Å². The van der Waals surface area contributed by atoms with Gasteiger partial charge in [-0.05, 0) is 54.7 Å². The standard InChI is InChI=1S/C10H14BrNS/c1-10(3-2-4-12-10)6-9-5-8(11)7-13-9/h5,7,12H,2-4,6H2,1H3. The van der Waals surface area contributed by atoms with Crippen molar-refractivity contribution in [2.75, 3.05) is 6.54 Å². The van der Waals surface area contributed by atoms with Crippen LogP contribution in [0.25, 0.3) is 0 Å². The number of nitrogens with one attached hydrogen (secondary N) is 1. The molecule has 1 aliphatic rings. The van der Waals surface area contributed by atoms with Crippen molar-refractivity contribution in [1.82, 2.24) is 5.32 Å². The Morgan fingerprint density at radius 1 is 1.69 bits per heavy atom. The predicted octanol–water partition coefficient (Wildman–Crippen LogP) is 3.20. The monoisotopic (exact) mass is 259 g/mol. The first-order chi connectivity index (χ1) is 6.18. The third-order valence-corrected chi connectivity index (χ3v) is 4.34. The van der Waals surface area contributed by atoms with Gasteiger partial charge in [0.25, 0.3) is 0 Å². The van der Waals surface area contributed by atoms with Crippen molar-refractivity contribution in [2.45, 2.75) is 31.7 Å². The van der Waals surface area contributed by atoms with E-state index in [0.29, 0.717) is 5.54 Å². The summed E-state index contributed by atoms with van der Waals surface area (Å²) in [4.78, 5) is 1.48. The van der Waals surface area contributed by atoms with Crippen molar-refractivity contribution in [2.24, 2.45) is 0 Å². The summed E-state index contributed by atoms with van der Waals surface area (Å²) >= 11 is 5.34. The minimum atomic E-state index is 0.351. The normalized spacial score (nSPS) is 28.2. The molecule has 13 heavy (non-hydrogen) atoms. The Kier molecular flexibility index (Phi) is 2.77. The summed E-state index contributed by atoms with van der Waals surface area (Å²) in [6, 6.07) is 2.23. The summed E-state index contributed by atoms with van der Waals surface area (Å²) in [5.41, 5.74) is 0.351. The van der Waals surface area contributed by atoms with Crippen LogP contribution < -0.4 is 5.32 Å². The lowest BCUT2D eigenvalue weighted by Crippen LogP contribution is -2.38. The summed E-state index contributed by atoms with van der Waals surface area (Å²) < 4.78 is 1.22.